The monoisotopic (exact) mass is 612 g/mol. The third kappa shape index (κ3) is 5.49. The van der Waals surface area contributed by atoms with E-state index in [0.29, 0.717) is 12.3 Å². The zero-order chi connectivity index (χ0) is 31.2. The Morgan fingerprint density at radius 3 is 2.75 bits per heavy atom. The second-order valence-corrected chi connectivity index (χ2v) is 13.6. The van der Waals surface area contributed by atoms with Gasteiger partial charge >= 0.3 is 0 Å². The molecule has 0 bridgehead atoms. The number of rotatable bonds is 7. The highest BCUT2D eigenvalue weighted by atomic mass is 32.2. The molecule has 6 rings (SSSR count). The molecule has 0 aliphatic carbocycles. The molecular formula is C34H40N6O3S. The van der Waals surface area contributed by atoms with Crippen LogP contribution in [0.1, 0.15) is 66.5 Å². The molecule has 1 fully saturated rings. The van der Waals surface area contributed by atoms with Crippen molar-refractivity contribution in [2.75, 3.05) is 18.8 Å². The topological polar surface area (TPSA) is 93.5 Å². The molecule has 0 spiro atoms. The van der Waals surface area contributed by atoms with Crippen LogP contribution in [0, 0.1) is 19.3 Å². The van der Waals surface area contributed by atoms with Crippen molar-refractivity contribution in [1.82, 2.24) is 29.8 Å². The van der Waals surface area contributed by atoms with E-state index in [9.17, 15) is 9.59 Å². The first-order valence-corrected chi connectivity index (χ1v) is 16.3. The van der Waals surface area contributed by atoms with E-state index in [1.54, 1.807) is 10.9 Å². The van der Waals surface area contributed by atoms with E-state index >= 15 is 0 Å². The van der Waals surface area contributed by atoms with Gasteiger partial charge in [0, 0.05) is 62.9 Å². The number of aryl methyl sites for hydroxylation is 3. The number of hydrogen-bond acceptors (Lipinski definition) is 8. The molecule has 2 aromatic carbocycles. The predicted molar refractivity (Wildman–Crippen MR) is 173 cm³/mol. The predicted octanol–water partition coefficient (Wildman–Crippen LogP) is 6.01. The Hall–Kier alpha value is -3.76. The van der Waals surface area contributed by atoms with E-state index in [4.69, 9.17) is 4.74 Å². The Labute approximate surface area is 263 Å². The van der Waals surface area contributed by atoms with E-state index in [1.807, 2.05) is 39.2 Å². The Balaban J connectivity index is 1.43. The number of hydrogen-bond donors (Lipinski definition) is 0. The number of amides is 2. The quantitative estimate of drug-likeness (QED) is 0.251. The minimum Gasteiger partial charge on any atom is -0.489 e. The molecule has 4 aromatic rings. The summed E-state index contributed by atoms with van der Waals surface area (Å²) in [5, 5.41) is 8.54. The Kier molecular flexibility index (Phi) is 8.24. The second kappa shape index (κ2) is 12.0. The molecule has 1 saturated heterocycles. The van der Waals surface area contributed by atoms with Crippen LogP contribution in [-0.2, 0) is 24.9 Å². The normalized spacial score (nSPS) is 18.3. The fraction of sp³-hybridized carbons (Fsp3) is 0.441. The van der Waals surface area contributed by atoms with Crippen LogP contribution in [0.3, 0.4) is 0 Å². The molecule has 2 aliphatic rings. The largest absolute Gasteiger partial charge is 0.489 e. The summed E-state index contributed by atoms with van der Waals surface area (Å²) in [6.07, 6.45) is 4.68. The molecule has 2 aromatic heterocycles. The number of thioether (sulfide) groups is 1. The average Bonchev–Trinajstić information content (AvgIpc) is 3.55. The highest BCUT2D eigenvalue weighted by Gasteiger charge is 2.45. The zero-order valence-electron chi connectivity index (χ0n) is 26.3. The van der Waals surface area contributed by atoms with E-state index in [2.05, 4.69) is 65.2 Å². The summed E-state index contributed by atoms with van der Waals surface area (Å²) >= 11 is 1.21. The smallest absolute Gasteiger partial charge is 0.288 e. The fourth-order valence-electron chi connectivity index (χ4n) is 6.67. The van der Waals surface area contributed by atoms with Crippen molar-refractivity contribution in [2.45, 2.75) is 66.2 Å². The first kappa shape index (κ1) is 30.3. The second-order valence-electron chi connectivity index (χ2n) is 12.6. The van der Waals surface area contributed by atoms with Gasteiger partial charge in [-0.2, -0.15) is 0 Å². The SMILES string of the molecule is CCC1CN(Cc2cc(C(c3ccc4c(nnn4C)c3C)C(C)(C)C(=O)N3CCSC3=O)ccc2C)Cc2cnccc2O1. The molecule has 10 heteroatoms. The number of carbonyl (C=O) groups is 2. The van der Waals surface area contributed by atoms with Crippen LogP contribution < -0.4 is 4.74 Å². The van der Waals surface area contributed by atoms with Gasteiger partial charge in [0.15, 0.2) is 0 Å². The minimum absolute atomic E-state index is 0.0867. The molecule has 4 heterocycles. The molecule has 9 nitrogen and oxygen atoms in total. The molecule has 2 amide bonds. The Morgan fingerprint density at radius 1 is 1.18 bits per heavy atom. The van der Waals surface area contributed by atoms with E-state index in [0.717, 1.165) is 65.1 Å². The van der Waals surface area contributed by atoms with Gasteiger partial charge in [-0.05, 0) is 60.2 Å². The maximum Gasteiger partial charge on any atom is 0.288 e. The lowest BCUT2D eigenvalue weighted by atomic mass is 9.69. The number of fused-ring (bicyclic) bond motifs is 2. The lowest BCUT2D eigenvalue weighted by molar-refractivity contribution is -0.137. The summed E-state index contributed by atoms with van der Waals surface area (Å²) in [7, 11) is 1.88. The highest BCUT2D eigenvalue weighted by molar-refractivity contribution is 8.13. The van der Waals surface area contributed by atoms with E-state index in [1.165, 1.54) is 27.8 Å². The zero-order valence-corrected chi connectivity index (χ0v) is 27.1. The summed E-state index contributed by atoms with van der Waals surface area (Å²) in [4.78, 5) is 35.1. The van der Waals surface area contributed by atoms with Crippen molar-refractivity contribution < 1.29 is 14.3 Å². The maximum atomic E-state index is 14.2. The molecule has 0 saturated carbocycles. The van der Waals surface area contributed by atoms with Crippen LogP contribution in [0.4, 0.5) is 4.79 Å². The average molecular weight is 613 g/mol. The molecule has 2 unspecified atom stereocenters. The lowest BCUT2D eigenvalue weighted by Gasteiger charge is -2.37. The summed E-state index contributed by atoms with van der Waals surface area (Å²) in [5.74, 6) is 1.06. The van der Waals surface area contributed by atoms with Gasteiger partial charge < -0.3 is 4.74 Å². The van der Waals surface area contributed by atoms with Gasteiger partial charge in [0.05, 0.1) is 10.9 Å². The fourth-order valence-corrected chi connectivity index (χ4v) is 7.45. The first-order chi connectivity index (χ1) is 21.1. The van der Waals surface area contributed by atoms with Gasteiger partial charge in [0.1, 0.15) is 17.4 Å². The summed E-state index contributed by atoms with van der Waals surface area (Å²) < 4.78 is 8.10. The van der Waals surface area contributed by atoms with Crippen molar-refractivity contribution in [3.05, 3.63) is 82.2 Å². The van der Waals surface area contributed by atoms with Gasteiger partial charge in [-0.25, -0.2) is 4.68 Å². The van der Waals surface area contributed by atoms with E-state index in [-0.39, 0.29) is 23.2 Å². The van der Waals surface area contributed by atoms with Gasteiger partial charge in [0.25, 0.3) is 5.24 Å². The Morgan fingerprint density at radius 2 is 2.00 bits per heavy atom. The molecule has 0 N–H and O–H groups in total. The van der Waals surface area contributed by atoms with Crippen molar-refractivity contribution in [3.63, 3.8) is 0 Å². The number of pyridine rings is 1. The number of carbonyl (C=O) groups excluding carboxylic acids is 2. The van der Waals surface area contributed by atoms with Gasteiger partial charge in [-0.3, -0.25) is 24.4 Å². The minimum atomic E-state index is -0.915. The van der Waals surface area contributed by atoms with Gasteiger partial charge in [-0.1, -0.05) is 62.0 Å². The standard InChI is InChI=1S/C34H40N6O3S/c1-7-26-20-39(19-25-17-35-13-12-29(25)43-26)18-24-16-23(9-8-21(24)2)30(34(4,5)32(41)40-14-15-44-33(40)42)27-10-11-28-31(22(27)3)36-37-38(28)6/h8-13,16-17,26,30H,7,14-15,18-20H2,1-6H3. The highest BCUT2D eigenvalue weighted by Crippen LogP contribution is 2.46. The molecule has 2 atom stereocenters. The van der Waals surface area contributed by atoms with Crippen molar-refractivity contribution >= 4 is 33.9 Å². The third-order valence-electron chi connectivity index (χ3n) is 9.23. The van der Waals surface area contributed by atoms with Crippen LogP contribution in [0.5, 0.6) is 5.75 Å². The van der Waals surface area contributed by atoms with Crippen LogP contribution in [0.15, 0.2) is 48.8 Å². The lowest BCUT2D eigenvalue weighted by Crippen LogP contribution is -2.44. The van der Waals surface area contributed by atoms with Crippen LogP contribution in [-0.4, -0.2) is 65.9 Å². The summed E-state index contributed by atoms with van der Waals surface area (Å²) in [5.41, 5.74) is 7.36. The third-order valence-corrected chi connectivity index (χ3v) is 10.1. The number of nitrogens with zero attached hydrogens (tertiary/aromatic N) is 6. The van der Waals surface area contributed by atoms with Crippen molar-refractivity contribution in [2.24, 2.45) is 12.5 Å². The van der Waals surface area contributed by atoms with Crippen LogP contribution in [0.25, 0.3) is 11.0 Å². The van der Waals surface area contributed by atoms with Crippen molar-refractivity contribution in [3.8, 4) is 5.75 Å². The molecule has 230 valence electrons. The molecule has 0 radical (unpaired) electrons. The number of imide groups is 1. The van der Waals surface area contributed by atoms with Crippen LogP contribution in [0.2, 0.25) is 0 Å². The Bertz CT molecular complexity index is 1730. The summed E-state index contributed by atoms with van der Waals surface area (Å²) in [6, 6.07) is 12.6. The molecule has 44 heavy (non-hydrogen) atoms. The first-order valence-electron chi connectivity index (χ1n) is 15.3. The maximum absolute atomic E-state index is 14.2. The van der Waals surface area contributed by atoms with Crippen LogP contribution >= 0.6 is 11.8 Å². The van der Waals surface area contributed by atoms with Crippen molar-refractivity contribution in [1.29, 1.82) is 0 Å². The number of ether oxygens (including phenoxy) is 1. The van der Waals surface area contributed by atoms with Gasteiger partial charge in [0.2, 0.25) is 5.91 Å². The summed E-state index contributed by atoms with van der Waals surface area (Å²) in [6.45, 7) is 13.0. The molecule has 2 aliphatic heterocycles. The number of aromatic nitrogens is 4. The molecular weight excluding hydrogens is 572 g/mol. The van der Waals surface area contributed by atoms with E-state index < -0.39 is 5.41 Å². The number of benzene rings is 2. The van der Waals surface area contributed by atoms with Gasteiger partial charge in [-0.15, -0.1) is 5.10 Å².